The number of hydrogen-bond donors (Lipinski definition) is 0. The number of aromatic nitrogens is 1. The van der Waals surface area contributed by atoms with Crippen molar-refractivity contribution >= 4 is 34.8 Å². The molecule has 0 aromatic carbocycles. The van der Waals surface area contributed by atoms with Crippen LogP contribution in [0, 0.1) is 0 Å². The van der Waals surface area contributed by atoms with Crippen LogP contribution in [0.15, 0.2) is 12.3 Å². The number of pyridine rings is 1. The van der Waals surface area contributed by atoms with Gasteiger partial charge in [0.1, 0.15) is 5.15 Å². The van der Waals surface area contributed by atoms with E-state index in [4.69, 9.17) is 34.8 Å². The lowest BCUT2D eigenvalue weighted by Crippen LogP contribution is -1.81. The van der Waals surface area contributed by atoms with Crippen molar-refractivity contribution in [3.63, 3.8) is 0 Å². The average molecular weight is 227 g/mol. The minimum atomic E-state index is 0.315. The molecule has 1 aromatic heterocycles. The van der Waals surface area contributed by atoms with Crippen molar-refractivity contribution in [3.8, 4) is 0 Å². The normalized spacial score (nSPS) is 8.75. The SMILES string of the molecule is CC.ClCc1cnc(Cl)c(Cl)c1. The Morgan fingerprint density at radius 1 is 1.33 bits per heavy atom. The maximum Gasteiger partial charge on any atom is 0.147 e. The Hall–Kier alpha value is 0.0200. The van der Waals surface area contributed by atoms with E-state index in [1.54, 1.807) is 12.3 Å². The third-order valence-corrected chi connectivity index (χ3v) is 2.00. The highest BCUT2D eigenvalue weighted by molar-refractivity contribution is 6.41. The summed E-state index contributed by atoms with van der Waals surface area (Å²) >= 11 is 16.7. The average Bonchev–Trinajstić information content (AvgIpc) is 2.13. The van der Waals surface area contributed by atoms with Crippen LogP contribution in [0.25, 0.3) is 0 Å². The zero-order valence-electron chi connectivity index (χ0n) is 6.94. The minimum Gasteiger partial charge on any atom is -0.243 e. The van der Waals surface area contributed by atoms with E-state index in [1.165, 1.54) is 0 Å². The van der Waals surface area contributed by atoms with Crippen molar-refractivity contribution in [2.75, 3.05) is 0 Å². The summed E-state index contributed by atoms with van der Waals surface area (Å²) in [6, 6.07) is 1.70. The van der Waals surface area contributed by atoms with E-state index >= 15 is 0 Å². The Balaban J connectivity index is 0.000000561. The second-order valence-electron chi connectivity index (χ2n) is 1.75. The highest BCUT2D eigenvalue weighted by Gasteiger charge is 1.98. The fourth-order valence-corrected chi connectivity index (χ4v) is 0.972. The quantitative estimate of drug-likeness (QED) is 0.518. The largest absolute Gasteiger partial charge is 0.243 e. The zero-order valence-corrected chi connectivity index (χ0v) is 9.21. The molecule has 68 valence electrons. The van der Waals surface area contributed by atoms with Gasteiger partial charge in [-0.1, -0.05) is 37.0 Å². The van der Waals surface area contributed by atoms with Gasteiger partial charge in [0.05, 0.1) is 5.02 Å². The molecule has 1 rings (SSSR count). The number of hydrogen-bond acceptors (Lipinski definition) is 1. The van der Waals surface area contributed by atoms with Crippen LogP contribution in [0.3, 0.4) is 0 Å². The lowest BCUT2D eigenvalue weighted by atomic mass is 10.3. The smallest absolute Gasteiger partial charge is 0.147 e. The first-order valence-corrected chi connectivity index (χ1v) is 4.89. The van der Waals surface area contributed by atoms with Gasteiger partial charge in [-0.25, -0.2) is 4.98 Å². The summed E-state index contributed by atoms with van der Waals surface area (Å²) in [5.41, 5.74) is 0.871. The molecule has 1 aromatic rings. The van der Waals surface area contributed by atoms with Gasteiger partial charge in [-0.2, -0.15) is 0 Å². The van der Waals surface area contributed by atoms with Gasteiger partial charge in [-0.15, -0.1) is 11.6 Å². The molecular formula is C8H10Cl3N. The van der Waals surface area contributed by atoms with E-state index in [-0.39, 0.29) is 0 Å². The molecule has 0 radical (unpaired) electrons. The molecular weight excluding hydrogens is 216 g/mol. The van der Waals surface area contributed by atoms with Gasteiger partial charge in [-0.05, 0) is 11.6 Å². The first kappa shape index (κ1) is 12.0. The van der Waals surface area contributed by atoms with Crippen molar-refractivity contribution in [2.24, 2.45) is 0 Å². The third kappa shape index (κ3) is 3.61. The van der Waals surface area contributed by atoms with Gasteiger partial charge < -0.3 is 0 Å². The predicted octanol–water partition coefficient (Wildman–Crippen LogP) is 4.15. The monoisotopic (exact) mass is 225 g/mol. The first-order chi connectivity index (χ1) is 5.74. The van der Waals surface area contributed by atoms with E-state index in [1.807, 2.05) is 13.8 Å². The fourth-order valence-electron chi connectivity index (χ4n) is 0.534. The van der Waals surface area contributed by atoms with Crippen molar-refractivity contribution in [1.29, 1.82) is 0 Å². The second kappa shape index (κ2) is 6.53. The van der Waals surface area contributed by atoms with E-state index < -0.39 is 0 Å². The maximum absolute atomic E-state index is 5.64. The topological polar surface area (TPSA) is 12.9 Å². The van der Waals surface area contributed by atoms with Crippen molar-refractivity contribution in [3.05, 3.63) is 28.0 Å². The van der Waals surface area contributed by atoms with E-state index in [2.05, 4.69) is 4.98 Å². The maximum atomic E-state index is 5.64. The van der Waals surface area contributed by atoms with Gasteiger partial charge in [0.25, 0.3) is 0 Å². The minimum absolute atomic E-state index is 0.315. The van der Waals surface area contributed by atoms with Crippen molar-refractivity contribution in [2.45, 2.75) is 19.7 Å². The molecule has 0 saturated heterocycles. The van der Waals surface area contributed by atoms with E-state index in [0.717, 1.165) is 5.56 Å². The molecule has 12 heavy (non-hydrogen) atoms. The molecule has 0 aliphatic heterocycles. The Labute approximate surface area is 87.7 Å². The van der Waals surface area contributed by atoms with Gasteiger partial charge in [-0.3, -0.25) is 0 Å². The molecule has 0 saturated carbocycles. The highest BCUT2D eigenvalue weighted by atomic mass is 35.5. The number of alkyl halides is 1. The molecule has 1 heterocycles. The molecule has 4 heteroatoms. The molecule has 0 aliphatic rings. The predicted molar refractivity (Wildman–Crippen MR) is 55.2 cm³/mol. The number of rotatable bonds is 1. The van der Waals surface area contributed by atoms with Gasteiger partial charge >= 0.3 is 0 Å². The highest BCUT2D eigenvalue weighted by Crippen LogP contribution is 2.20. The standard InChI is InChI=1S/C6H4Cl3N.C2H6/c7-2-4-1-5(8)6(9)10-3-4;1-2/h1,3H,2H2;1-2H3. The van der Waals surface area contributed by atoms with Gasteiger partial charge in [0.2, 0.25) is 0 Å². The summed E-state index contributed by atoms with van der Waals surface area (Å²) in [5.74, 6) is 0.407. The summed E-state index contributed by atoms with van der Waals surface area (Å²) in [7, 11) is 0. The fraction of sp³-hybridized carbons (Fsp3) is 0.375. The summed E-state index contributed by atoms with van der Waals surface area (Å²) in [6.07, 6.45) is 1.60. The third-order valence-electron chi connectivity index (χ3n) is 1.01. The first-order valence-electron chi connectivity index (χ1n) is 3.60. The molecule has 0 spiro atoms. The van der Waals surface area contributed by atoms with Crippen LogP contribution in [-0.2, 0) is 5.88 Å². The Kier molecular flexibility index (Phi) is 6.54. The molecule has 0 unspecified atom stereocenters. The lowest BCUT2D eigenvalue weighted by molar-refractivity contribution is 1.25. The van der Waals surface area contributed by atoms with Crippen molar-refractivity contribution < 1.29 is 0 Å². The summed E-state index contributed by atoms with van der Waals surface area (Å²) < 4.78 is 0. The second-order valence-corrected chi connectivity index (χ2v) is 2.78. The summed E-state index contributed by atoms with van der Waals surface area (Å²) in [6.45, 7) is 4.00. The van der Waals surface area contributed by atoms with Crippen LogP contribution in [-0.4, -0.2) is 4.98 Å². The molecule has 1 nitrogen and oxygen atoms in total. The van der Waals surface area contributed by atoms with Crippen molar-refractivity contribution in [1.82, 2.24) is 4.98 Å². The van der Waals surface area contributed by atoms with Crippen LogP contribution in [0.4, 0.5) is 0 Å². The van der Waals surface area contributed by atoms with Crippen LogP contribution >= 0.6 is 34.8 Å². The summed E-state index contributed by atoms with van der Waals surface area (Å²) in [5, 5.41) is 0.760. The summed E-state index contributed by atoms with van der Waals surface area (Å²) in [4.78, 5) is 3.80. The Morgan fingerprint density at radius 2 is 1.92 bits per heavy atom. The molecule has 0 bridgehead atoms. The van der Waals surface area contributed by atoms with Gasteiger partial charge in [0, 0.05) is 12.1 Å². The Bertz CT molecular complexity index is 238. The number of nitrogens with zero attached hydrogens (tertiary/aromatic N) is 1. The molecule has 0 amide bonds. The number of halogens is 3. The molecule has 0 atom stereocenters. The van der Waals surface area contributed by atoms with Crippen LogP contribution in [0.1, 0.15) is 19.4 Å². The van der Waals surface area contributed by atoms with Crippen LogP contribution in [0.5, 0.6) is 0 Å². The Morgan fingerprint density at radius 3 is 2.33 bits per heavy atom. The lowest BCUT2D eigenvalue weighted by Gasteiger charge is -1.95. The molecule has 0 fully saturated rings. The zero-order chi connectivity index (χ0) is 9.56. The van der Waals surface area contributed by atoms with E-state index in [9.17, 15) is 0 Å². The van der Waals surface area contributed by atoms with Gasteiger partial charge in [0.15, 0.2) is 0 Å². The molecule has 0 aliphatic carbocycles. The van der Waals surface area contributed by atoms with Crippen LogP contribution < -0.4 is 0 Å². The molecule has 0 N–H and O–H groups in total. The van der Waals surface area contributed by atoms with Crippen LogP contribution in [0.2, 0.25) is 10.2 Å². The van der Waals surface area contributed by atoms with E-state index in [0.29, 0.717) is 16.1 Å².